The molecular weight excluding hydrogens is 306 g/mol. The molecule has 3 rings (SSSR count). The van der Waals surface area contributed by atoms with Crippen molar-refractivity contribution in [1.82, 2.24) is 15.1 Å². The van der Waals surface area contributed by atoms with E-state index >= 15 is 0 Å². The number of aromatic nitrogens is 2. The second-order valence-corrected chi connectivity index (χ2v) is 5.38. The van der Waals surface area contributed by atoms with E-state index in [1.54, 1.807) is 24.3 Å². The van der Waals surface area contributed by atoms with Crippen molar-refractivity contribution in [3.63, 3.8) is 0 Å². The normalized spacial score (nSPS) is 10.7. The number of benzene rings is 2. The van der Waals surface area contributed by atoms with E-state index in [0.717, 1.165) is 5.56 Å². The highest BCUT2D eigenvalue weighted by molar-refractivity contribution is 6.04. The number of aliphatic hydroxyl groups excluding tert-OH is 1. The quantitative estimate of drug-likeness (QED) is 0.746. The molecule has 0 aliphatic heterocycles. The molecule has 0 bridgehead atoms. The molecule has 3 aromatic rings. The van der Waals surface area contributed by atoms with Crippen LogP contribution in [-0.4, -0.2) is 39.3 Å². The minimum absolute atomic E-state index is 0.153. The SMILES string of the molecule is O=C(c1n[nH]c(=O)c2ccccc12)N(CCO)Cc1ccccc1. The molecule has 1 heterocycles. The van der Waals surface area contributed by atoms with E-state index < -0.39 is 0 Å². The van der Waals surface area contributed by atoms with Gasteiger partial charge in [-0.2, -0.15) is 5.10 Å². The lowest BCUT2D eigenvalue weighted by molar-refractivity contribution is 0.0703. The Morgan fingerprint density at radius 3 is 2.42 bits per heavy atom. The Kier molecular flexibility index (Phi) is 4.67. The number of hydrogen-bond donors (Lipinski definition) is 2. The number of amides is 1. The molecule has 24 heavy (non-hydrogen) atoms. The van der Waals surface area contributed by atoms with Crippen molar-refractivity contribution in [1.29, 1.82) is 0 Å². The van der Waals surface area contributed by atoms with Gasteiger partial charge in [0.2, 0.25) is 0 Å². The van der Waals surface area contributed by atoms with Gasteiger partial charge in [0.25, 0.3) is 11.5 Å². The lowest BCUT2D eigenvalue weighted by Crippen LogP contribution is -2.34. The fraction of sp³-hybridized carbons (Fsp3) is 0.167. The van der Waals surface area contributed by atoms with Crippen LogP contribution in [0.25, 0.3) is 10.8 Å². The summed E-state index contributed by atoms with van der Waals surface area (Å²) in [6, 6.07) is 16.4. The summed E-state index contributed by atoms with van der Waals surface area (Å²) in [4.78, 5) is 26.3. The van der Waals surface area contributed by atoms with Gasteiger partial charge in [-0.05, 0) is 11.6 Å². The largest absolute Gasteiger partial charge is 0.395 e. The Balaban J connectivity index is 1.99. The molecule has 0 saturated carbocycles. The molecule has 0 aliphatic rings. The maximum absolute atomic E-state index is 12.9. The lowest BCUT2D eigenvalue weighted by atomic mass is 10.1. The van der Waals surface area contributed by atoms with Crippen LogP contribution in [0, 0.1) is 0 Å². The van der Waals surface area contributed by atoms with Gasteiger partial charge in [0.1, 0.15) is 0 Å². The molecule has 2 N–H and O–H groups in total. The maximum Gasteiger partial charge on any atom is 0.275 e. The summed E-state index contributed by atoms with van der Waals surface area (Å²) in [6.07, 6.45) is 0. The van der Waals surface area contributed by atoms with Crippen LogP contribution < -0.4 is 5.56 Å². The van der Waals surface area contributed by atoms with E-state index in [-0.39, 0.29) is 30.3 Å². The van der Waals surface area contributed by atoms with Crippen LogP contribution in [0.5, 0.6) is 0 Å². The first kappa shape index (κ1) is 15.9. The van der Waals surface area contributed by atoms with Gasteiger partial charge in [-0.15, -0.1) is 0 Å². The summed E-state index contributed by atoms with van der Waals surface area (Å²) in [7, 11) is 0. The van der Waals surface area contributed by atoms with Crippen molar-refractivity contribution in [3.05, 3.63) is 76.2 Å². The highest BCUT2D eigenvalue weighted by atomic mass is 16.3. The van der Waals surface area contributed by atoms with Crippen molar-refractivity contribution in [2.45, 2.75) is 6.54 Å². The molecule has 0 spiro atoms. The van der Waals surface area contributed by atoms with E-state index in [1.807, 2.05) is 30.3 Å². The number of carbonyl (C=O) groups excluding carboxylic acids is 1. The molecule has 0 radical (unpaired) electrons. The first-order valence-electron chi connectivity index (χ1n) is 7.62. The molecule has 0 fully saturated rings. The van der Waals surface area contributed by atoms with Crippen molar-refractivity contribution in [2.24, 2.45) is 0 Å². The highest BCUT2D eigenvalue weighted by Gasteiger charge is 2.20. The van der Waals surface area contributed by atoms with Gasteiger partial charge in [0.05, 0.1) is 12.0 Å². The maximum atomic E-state index is 12.9. The number of aliphatic hydroxyl groups is 1. The zero-order valence-electron chi connectivity index (χ0n) is 13.0. The van der Waals surface area contributed by atoms with Crippen molar-refractivity contribution in [2.75, 3.05) is 13.2 Å². The predicted octanol–water partition coefficient (Wildman–Crippen LogP) is 1.56. The number of hydrogen-bond acceptors (Lipinski definition) is 4. The number of H-pyrrole nitrogens is 1. The molecule has 6 nitrogen and oxygen atoms in total. The Bertz CT molecular complexity index is 906. The van der Waals surface area contributed by atoms with Gasteiger partial charge < -0.3 is 10.0 Å². The molecule has 1 amide bonds. The Morgan fingerprint density at radius 2 is 1.71 bits per heavy atom. The summed E-state index contributed by atoms with van der Waals surface area (Å²) < 4.78 is 0. The van der Waals surface area contributed by atoms with E-state index in [9.17, 15) is 14.7 Å². The summed E-state index contributed by atoms with van der Waals surface area (Å²) in [5.41, 5.74) is 0.793. The summed E-state index contributed by atoms with van der Waals surface area (Å²) in [5, 5.41) is 16.5. The zero-order valence-corrected chi connectivity index (χ0v) is 13.0. The van der Waals surface area contributed by atoms with Gasteiger partial charge in [-0.1, -0.05) is 48.5 Å². The Morgan fingerprint density at radius 1 is 1.04 bits per heavy atom. The van der Waals surface area contributed by atoms with Crippen LogP contribution in [0.15, 0.2) is 59.4 Å². The average Bonchev–Trinajstić information content (AvgIpc) is 2.62. The minimum atomic E-state index is -0.334. The third-order valence-corrected chi connectivity index (χ3v) is 3.77. The lowest BCUT2D eigenvalue weighted by Gasteiger charge is -2.22. The summed E-state index contributed by atoms with van der Waals surface area (Å²) >= 11 is 0. The topological polar surface area (TPSA) is 86.3 Å². The number of fused-ring (bicyclic) bond motifs is 1. The highest BCUT2D eigenvalue weighted by Crippen LogP contribution is 2.16. The summed E-state index contributed by atoms with van der Waals surface area (Å²) in [5.74, 6) is -0.333. The van der Waals surface area contributed by atoms with E-state index in [2.05, 4.69) is 10.2 Å². The standard InChI is InChI=1S/C18H17N3O3/c22-11-10-21(12-13-6-2-1-3-7-13)18(24)16-14-8-4-5-9-15(14)17(23)20-19-16/h1-9,22H,10-12H2,(H,20,23). The van der Waals surface area contributed by atoms with Crippen LogP contribution in [0.1, 0.15) is 16.1 Å². The third kappa shape index (κ3) is 3.18. The number of rotatable bonds is 5. The van der Waals surface area contributed by atoms with Gasteiger partial charge in [-0.25, -0.2) is 5.10 Å². The fourth-order valence-electron chi connectivity index (χ4n) is 2.60. The number of nitrogens with zero attached hydrogens (tertiary/aromatic N) is 2. The van der Waals surface area contributed by atoms with Gasteiger partial charge >= 0.3 is 0 Å². The molecular formula is C18H17N3O3. The fourth-order valence-corrected chi connectivity index (χ4v) is 2.60. The monoisotopic (exact) mass is 323 g/mol. The van der Waals surface area contributed by atoms with E-state index in [0.29, 0.717) is 17.3 Å². The smallest absolute Gasteiger partial charge is 0.275 e. The molecule has 2 aromatic carbocycles. The molecule has 0 aliphatic carbocycles. The van der Waals surface area contributed by atoms with Crippen molar-refractivity contribution < 1.29 is 9.90 Å². The molecule has 122 valence electrons. The number of aromatic amines is 1. The predicted molar refractivity (Wildman–Crippen MR) is 90.6 cm³/mol. The second-order valence-electron chi connectivity index (χ2n) is 5.38. The second kappa shape index (κ2) is 7.06. The number of nitrogens with one attached hydrogen (secondary N) is 1. The van der Waals surface area contributed by atoms with E-state index in [1.165, 1.54) is 4.90 Å². The van der Waals surface area contributed by atoms with Gasteiger partial charge in [0, 0.05) is 18.5 Å². The molecule has 6 heteroatoms. The minimum Gasteiger partial charge on any atom is -0.395 e. The third-order valence-electron chi connectivity index (χ3n) is 3.77. The van der Waals surface area contributed by atoms with Crippen LogP contribution >= 0.6 is 0 Å². The number of carbonyl (C=O) groups is 1. The molecule has 0 saturated heterocycles. The Labute approximate surface area is 138 Å². The molecule has 1 aromatic heterocycles. The molecule has 0 atom stereocenters. The van der Waals surface area contributed by atoms with Crippen LogP contribution in [0.2, 0.25) is 0 Å². The van der Waals surface area contributed by atoms with E-state index in [4.69, 9.17) is 0 Å². The van der Waals surface area contributed by atoms with Crippen LogP contribution in [0.3, 0.4) is 0 Å². The summed E-state index contributed by atoms with van der Waals surface area (Å²) in [6.45, 7) is 0.387. The van der Waals surface area contributed by atoms with Crippen LogP contribution in [-0.2, 0) is 6.54 Å². The molecule has 0 unspecified atom stereocenters. The van der Waals surface area contributed by atoms with Crippen molar-refractivity contribution >= 4 is 16.7 Å². The van der Waals surface area contributed by atoms with Crippen molar-refractivity contribution in [3.8, 4) is 0 Å². The first-order chi connectivity index (χ1) is 11.7. The zero-order chi connectivity index (χ0) is 16.9. The first-order valence-corrected chi connectivity index (χ1v) is 7.62. The van der Waals surface area contributed by atoms with Gasteiger partial charge in [-0.3, -0.25) is 9.59 Å². The van der Waals surface area contributed by atoms with Gasteiger partial charge in [0.15, 0.2) is 5.69 Å². The average molecular weight is 323 g/mol. The van der Waals surface area contributed by atoms with Crippen LogP contribution in [0.4, 0.5) is 0 Å². The Hall–Kier alpha value is -2.99.